The minimum atomic E-state index is -5.90. The van der Waals surface area contributed by atoms with Gasteiger partial charge in [0.25, 0.3) is 0 Å². The number of carbonyl (C=O) groups excluding carboxylic acids is 1. The molecule has 4 rings (SSSR count). The van der Waals surface area contributed by atoms with Crippen molar-refractivity contribution in [1.82, 2.24) is 0 Å². The molecule has 1 aliphatic carbocycles. The topological polar surface area (TPSA) is 60.4 Å². The molecule has 3 aromatic rings. The summed E-state index contributed by atoms with van der Waals surface area (Å²) in [6.07, 6.45) is 0.875. The minimum absolute atomic E-state index is 0.209. The monoisotopic (exact) mass is 448 g/mol. The number of hydrogen-bond donors (Lipinski definition) is 0. The van der Waals surface area contributed by atoms with E-state index >= 15 is 0 Å². The Kier molecular flexibility index (Phi) is 5.08. The van der Waals surface area contributed by atoms with E-state index in [1.54, 1.807) is 18.2 Å². The van der Waals surface area contributed by atoms with Crippen molar-refractivity contribution >= 4 is 26.7 Å². The fourth-order valence-corrected chi connectivity index (χ4v) is 4.78. The van der Waals surface area contributed by atoms with E-state index < -0.39 is 21.4 Å². The summed E-state index contributed by atoms with van der Waals surface area (Å²) in [5.74, 6) is -0.648. The lowest BCUT2D eigenvalue weighted by atomic mass is 9.79. The number of hydrogen-bond acceptors (Lipinski definition) is 4. The summed E-state index contributed by atoms with van der Waals surface area (Å²) >= 11 is 0. The summed E-state index contributed by atoms with van der Waals surface area (Å²) in [6, 6.07) is 12.2. The molecule has 0 saturated carbocycles. The van der Waals surface area contributed by atoms with Crippen LogP contribution in [0.3, 0.4) is 0 Å². The van der Waals surface area contributed by atoms with Crippen LogP contribution >= 0.6 is 0 Å². The molecule has 0 atom stereocenters. The molecule has 162 valence electrons. The Bertz CT molecular complexity index is 1300. The van der Waals surface area contributed by atoms with Crippen molar-refractivity contribution in [3.8, 4) is 16.9 Å². The van der Waals surface area contributed by atoms with Crippen molar-refractivity contribution in [3.05, 3.63) is 64.7 Å². The maximum absolute atomic E-state index is 13.1. The first-order chi connectivity index (χ1) is 14.5. The predicted molar refractivity (Wildman–Crippen MR) is 112 cm³/mol. The van der Waals surface area contributed by atoms with E-state index in [-0.39, 0.29) is 35.1 Å². The fraction of sp³-hybridized carbons (Fsp3) is 0.261. The molecule has 0 aromatic heterocycles. The van der Waals surface area contributed by atoms with Crippen LogP contribution in [0.2, 0.25) is 0 Å². The zero-order valence-electron chi connectivity index (χ0n) is 16.8. The fourth-order valence-electron chi connectivity index (χ4n) is 4.28. The van der Waals surface area contributed by atoms with Crippen molar-refractivity contribution in [2.24, 2.45) is 0 Å². The van der Waals surface area contributed by atoms with Crippen LogP contribution in [0.5, 0.6) is 5.75 Å². The highest BCUT2D eigenvalue weighted by Gasteiger charge is 2.49. The summed E-state index contributed by atoms with van der Waals surface area (Å²) < 4.78 is 67.7. The first-order valence-corrected chi connectivity index (χ1v) is 11.1. The Morgan fingerprint density at radius 2 is 1.45 bits per heavy atom. The van der Waals surface area contributed by atoms with Crippen molar-refractivity contribution in [3.63, 3.8) is 0 Å². The van der Waals surface area contributed by atoms with Gasteiger partial charge in [0.15, 0.2) is 11.5 Å². The summed E-state index contributed by atoms with van der Waals surface area (Å²) in [5.41, 5.74) is -1.89. The van der Waals surface area contributed by atoms with Gasteiger partial charge in [0.2, 0.25) is 0 Å². The lowest BCUT2D eigenvalue weighted by Gasteiger charge is -2.26. The molecule has 0 spiro atoms. The first-order valence-electron chi connectivity index (χ1n) is 9.71. The van der Waals surface area contributed by atoms with Crippen LogP contribution < -0.4 is 4.18 Å². The number of aryl methyl sites for hydroxylation is 2. The minimum Gasteiger partial charge on any atom is -0.375 e. The van der Waals surface area contributed by atoms with Crippen LogP contribution in [-0.2, 0) is 16.5 Å². The Balaban J connectivity index is 2.16. The van der Waals surface area contributed by atoms with Crippen molar-refractivity contribution in [1.29, 1.82) is 0 Å². The second-order valence-corrected chi connectivity index (χ2v) is 9.17. The maximum atomic E-state index is 13.1. The van der Waals surface area contributed by atoms with E-state index in [4.69, 9.17) is 0 Å². The average molecular weight is 448 g/mol. The van der Waals surface area contributed by atoms with Crippen molar-refractivity contribution in [2.45, 2.75) is 38.6 Å². The number of rotatable bonds is 3. The summed E-state index contributed by atoms with van der Waals surface area (Å²) in [7, 11) is -5.90. The first kappa shape index (κ1) is 21.4. The Morgan fingerprint density at radius 3 is 2.06 bits per heavy atom. The molecule has 4 nitrogen and oxygen atoms in total. The Labute approximate surface area is 177 Å². The number of alkyl halides is 3. The number of carbonyl (C=O) groups is 1. The molecule has 0 N–H and O–H groups in total. The Hall–Kier alpha value is -2.87. The van der Waals surface area contributed by atoms with Gasteiger partial charge in [-0.25, -0.2) is 0 Å². The molecule has 1 aliphatic rings. The van der Waals surface area contributed by atoms with Gasteiger partial charge < -0.3 is 4.18 Å². The molecule has 8 heteroatoms. The third-order valence-corrected chi connectivity index (χ3v) is 6.54. The number of benzene rings is 3. The van der Waals surface area contributed by atoms with Crippen LogP contribution in [0.25, 0.3) is 21.9 Å². The Morgan fingerprint density at radius 1 is 0.839 bits per heavy atom. The normalized spacial score (nSPS) is 14.5. The van der Waals surface area contributed by atoms with Crippen LogP contribution in [0.1, 0.15) is 39.9 Å². The maximum Gasteiger partial charge on any atom is 0.534 e. The van der Waals surface area contributed by atoms with Gasteiger partial charge in [-0.1, -0.05) is 42.5 Å². The molecule has 0 bridgehead atoms. The molecule has 0 aliphatic heterocycles. The van der Waals surface area contributed by atoms with Crippen LogP contribution in [0.15, 0.2) is 42.5 Å². The third-order valence-electron chi connectivity index (χ3n) is 5.58. The van der Waals surface area contributed by atoms with Crippen molar-refractivity contribution < 1.29 is 30.6 Å². The van der Waals surface area contributed by atoms with Crippen LogP contribution in [0.4, 0.5) is 13.2 Å². The van der Waals surface area contributed by atoms with Crippen LogP contribution in [0, 0.1) is 13.8 Å². The molecule has 0 unspecified atom stereocenters. The number of ketones is 1. The molecule has 31 heavy (non-hydrogen) atoms. The summed E-state index contributed by atoms with van der Waals surface area (Å²) in [5, 5.41) is 0.697. The average Bonchev–Trinajstić information content (AvgIpc) is 2.69. The van der Waals surface area contributed by atoms with Gasteiger partial charge in [0.1, 0.15) is 0 Å². The highest BCUT2D eigenvalue weighted by molar-refractivity contribution is 7.88. The van der Waals surface area contributed by atoms with E-state index in [9.17, 15) is 26.4 Å². The SMILES string of the molecule is Cc1cccc(C)c1-c1c2c(c(OS(=O)(=O)C(F)(F)F)c3ccccc13)CCCC2=O. The van der Waals surface area contributed by atoms with E-state index in [0.717, 1.165) is 16.7 Å². The zero-order valence-corrected chi connectivity index (χ0v) is 17.7. The van der Waals surface area contributed by atoms with E-state index in [2.05, 4.69) is 4.18 Å². The van der Waals surface area contributed by atoms with Gasteiger partial charge in [-0.15, -0.1) is 0 Å². The van der Waals surface area contributed by atoms with Gasteiger partial charge >= 0.3 is 15.6 Å². The second-order valence-electron chi connectivity index (χ2n) is 7.63. The third kappa shape index (κ3) is 3.48. The molecule has 0 fully saturated rings. The highest BCUT2D eigenvalue weighted by atomic mass is 32.2. The van der Waals surface area contributed by atoms with E-state index in [1.807, 2.05) is 32.0 Å². The highest BCUT2D eigenvalue weighted by Crippen LogP contribution is 2.47. The van der Waals surface area contributed by atoms with Crippen LogP contribution in [-0.4, -0.2) is 19.7 Å². The molecular weight excluding hydrogens is 429 g/mol. The zero-order chi connectivity index (χ0) is 22.6. The quantitative estimate of drug-likeness (QED) is 0.371. The second kappa shape index (κ2) is 7.37. The number of halogens is 3. The van der Waals surface area contributed by atoms with E-state index in [0.29, 0.717) is 17.4 Å². The molecular formula is C23H19F3O4S. The molecule has 0 radical (unpaired) electrons. The predicted octanol–water partition coefficient (Wildman–Crippen LogP) is 5.87. The van der Waals surface area contributed by atoms with Gasteiger partial charge in [-0.2, -0.15) is 21.6 Å². The largest absolute Gasteiger partial charge is 0.534 e. The van der Waals surface area contributed by atoms with Gasteiger partial charge in [0, 0.05) is 28.5 Å². The lowest BCUT2D eigenvalue weighted by Crippen LogP contribution is -2.29. The van der Waals surface area contributed by atoms with Crippen molar-refractivity contribution in [2.75, 3.05) is 0 Å². The summed E-state index contributed by atoms with van der Waals surface area (Å²) in [4.78, 5) is 13.0. The van der Waals surface area contributed by atoms with Gasteiger partial charge in [-0.3, -0.25) is 4.79 Å². The summed E-state index contributed by atoms with van der Waals surface area (Å²) in [6.45, 7) is 3.80. The molecule has 0 heterocycles. The lowest BCUT2D eigenvalue weighted by molar-refractivity contribution is -0.0499. The molecule has 0 amide bonds. The standard InChI is InChI=1S/C23H19F3O4S/c1-13-7-5-8-14(2)19(13)21-15-9-3-4-10-16(15)22(30-31(28,29)23(24,25)26)17-11-6-12-18(27)20(17)21/h3-5,7-10H,6,11-12H2,1-2H3. The number of Topliss-reactive ketones (excluding diaryl/α,β-unsaturated/α-hetero) is 1. The smallest absolute Gasteiger partial charge is 0.375 e. The van der Waals surface area contributed by atoms with Gasteiger partial charge in [0.05, 0.1) is 0 Å². The molecule has 3 aromatic carbocycles. The number of fused-ring (bicyclic) bond motifs is 2. The van der Waals surface area contributed by atoms with E-state index in [1.165, 1.54) is 6.07 Å². The van der Waals surface area contributed by atoms with Gasteiger partial charge in [-0.05, 0) is 48.8 Å². The molecule has 0 saturated heterocycles.